The van der Waals surface area contributed by atoms with Crippen LogP contribution < -0.4 is 15.4 Å². The van der Waals surface area contributed by atoms with Gasteiger partial charge in [0, 0.05) is 18.4 Å². The average molecular weight is 678 g/mol. The number of aromatic nitrogens is 1. The van der Waals surface area contributed by atoms with Crippen molar-refractivity contribution < 1.29 is 46.4 Å². The summed E-state index contributed by atoms with van der Waals surface area (Å²) in [4.78, 5) is 68.5. The Morgan fingerprint density at radius 1 is 1.13 bits per heavy atom. The lowest BCUT2D eigenvalue weighted by molar-refractivity contribution is -0.141. The molecule has 1 aromatic heterocycles. The van der Waals surface area contributed by atoms with Crippen molar-refractivity contribution >= 4 is 39.8 Å². The molecule has 0 spiro atoms. The number of esters is 1. The van der Waals surface area contributed by atoms with Crippen molar-refractivity contribution in [2.24, 2.45) is 5.92 Å². The fraction of sp³-hybridized carbons (Fsp3) is 0.677. The molecular formula is C31H43N5O10S. The topological polar surface area (TPSA) is 203 Å². The summed E-state index contributed by atoms with van der Waals surface area (Å²) in [5.74, 6) is -3.00. The Morgan fingerprint density at radius 3 is 2.53 bits per heavy atom. The summed E-state index contributed by atoms with van der Waals surface area (Å²) in [6.07, 6.45) is 6.00. The van der Waals surface area contributed by atoms with Gasteiger partial charge in [-0.2, -0.15) is 0 Å². The summed E-state index contributed by atoms with van der Waals surface area (Å²) in [6, 6.07) is -0.862. The zero-order valence-electron chi connectivity index (χ0n) is 27.1. The lowest BCUT2D eigenvalue weighted by atomic mass is 10.0. The van der Waals surface area contributed by atoms with E-state index in [2.05, 4.69) is 20.5 Å². The number of rotatable bonds is 6. The van der Waals surface area contributed by atoms with Gasteiger partial charge in [0.1, 0.15) is 35.1 Å². The number of fused-ring (bicyclic) bond motifs is 2. The van der Waals surface area contributed by atoms with Crippen LogP contribution in [0.1, 0.15) is 94.8 Å². The normalized spacial score (nSPS) is 28.6. The van der Waals surface area contributed by atoms with Gasteiger partial charge in [-0.1, -0.05) is 30.2 Å². The van der Waals surface area contributed by atoms with E-state index in [-0.39, 0.29) is 31.5 Å². The van der Waals surface area contributed by atoms with Crippen LogP contribution in [0.4, 0.5) is 4.79 Å². The highest BCUT2D eigenvalue weighted by Crippen LogP contribution is 2.46. The van der Waals surface area contributed by atoms with E-state index in [4.69, 9.17) is 14.0 Å². The van der Waals surface area contributed by atoms with E-state index in [1.54, 1.807) is 27.7 Å². The number of carbonyl (C=O) groups excluding carboxylic acids is 5. The van der Waals surface area contributed by atoms with Crippen molar-refractivity contribution in [1.82, 2.24) is 25.4 Å². The zero-order chi connectivity index (χ0) is 34.1. The first-order valence-corrected chi connectivity index (χ1v) is 17.6. The molecule has 47 heavy (non-hydrogen) atoms. The van der Waals surface area contributed by atoms with Crippen LogP contribution in [0.3, 0.4) is 0 Å². The molecule has 3 N–H and O–H groups in total. The number of hydrogen-bond donors (Lipinski definition) is 3. The monoisotopic (exact) mass is 677 g/mol. The number of aryl methyl sites for hydroxylation is 1. The maximum atomic E-state index is 14.1. The molecule has 2 aliphatic carbocycles. The van der Waals surface area contributed by atoms with Crippen LogP contribution in [0, 0.1) is 12.8 Å². The summed E-state index contributed by atoms with van der Waals surface area (Å²) in [7, 11) is -3.90. The molecule has 3 heterocycles. The molecule has 5 rings (SSSR count). The summed E-state index contributed by atoms with van der Waals surface area (Å²) >= 11 is 0. The van der Waals surface area contributed by atoms with Gasteiger partial charge in [-0.3, -0.25) is 19.1 Å². The van der Waals surface area contributed by atoms with Gasteiger partial charge in [0.2, 0.25) is 21.8 Å². The molecule has 16 heteroatoms. The summed E-state index contributed by atoms with van der Waals surface area (Å²) in [5, 5.41) is 8.45. The van der Waals surface area contributed by atoms with Gasteiger partial charge in [0.05, 0.1) is 11.8 Å². The first kappa shape index (κ1) is 34.4. The van der Waals surface area contributed by atoms with Crippen molar-refractivity contribution in [3.8, 4) is 0 Å². The Kier molecular flexibility index (Phi) is 9.71. The van der Waals surface area contributed by atoms with Crippen LogP contribution in [-0.2, 0) is 33.9 Å². The highest BCUT2D eigenvalue weighted by atomic mass is 32.2. The molecule has 3 fully saturated rings. The number of ether oxygens (including phenoxy) is 2. The van der Waals surface area contributed by atoms with Gasteiger partial charge in [-0.05, 0) is 66.2 Å². The van der Waals surface area contributed by atoms with Crippen molar-refractivity contribution in [2.45, 2.75) is 120 Å². The summed E-state index contributed by atoms with van der Waals surface area (Å²) in [5.41, 5.74) is -2.44. The minimum atomic E-state index is -3.90. The Bertz CT molecular complexity index is 1550. The maximum Gasteiger partial charge on any atom is 0.408 e. The predicted molar refractivity (Wildman–Crippen MR) is 165 cm³/mol. The number of allylic oxidation sites excluding steroid dienone is 1. The summed E-state index contributed by atoms with van der Waals surface area (Å²) in [6.45, 7) is 6.52. The van der Waals surface area contributed by atoms with Crippen LogP contribution in [0.2, 0.25) is 0 Å². The number of nitrogens with zero attached hydrogens (tertiary/aromatic N) is 2. The molecule has 2 aliphatic heterocycles. The third-order valence-electron chi connectivity index (χ3n) is 8.64. The van der Waals surface area contributed by atoms with Crippen LogP contribution in [-0.4, -0.2) is 89.4 Å². The Labute approximate surface area is 273 Å². The van der Waals surface area contributed by atoms with Crippen molar-refractivity contribution in [1.29, 1.82) is 0 Å². The molecule has 4 aliphatic rings. The fourth-order valence-electron chi connectivity index (χ4n) is 5.97. The van der Waals surface area contributed by atoms with Crippen LogP contribution >= 0.6 is 0 Å². The second kappa shape index (κ2) is 13.3. The molecule has 0 radical (unpaired) electrons. The molecule has 5 unspecified atom stereocenters. The van der Waals surface area contributed by atoms with Crippen molar-refractivity contribution in [3.05, 3.63) is 29.7 Å². The summed E-state index contributed by atoms with van der Waals surface area (Å²) < 4.78 is 43.5. The number of hydrogen-bond acceptors (Lipinski definition) is 11. The highest BCUT2D eigenvalue weighted by molar-refractivity contribution is 7.91. The van der Waals surface area contributed by atoms with Crippen LogP contribution in [0.25, 0.3) is 0 Å². The smallest absolute Gasteiger partial charge is 0.408 e. The van der Waals surface area contributed by atoms with E-state index in [0.29, 0.717) is 31.4 Å². The molecule has 0 aromatic carbocycles. The van der Waals surface area contributed by atoms with Gasteiger partial charge in [-0.15, -0.1) is 0 Å². The van der Waals surface area contributed by atoms with E-state index >= 15 is 0 Å². The molecule has 258 valence electrons. The fourth-order valence-corrected chi connectivity index (χ4v) is 7.34. The van der Waals surface area contributed by atoms with Crippen molar-refractivity contribution in [3.63, 3.8) is 0 Å². The van der Waals surface area contributed by atoms with Crippen molar-refractivity contribution in [2.75, 3.05) is 6.54 Å². The minimum Gasteiger partial charge on any atom is -0.456 e. The van der Waals surface area contributed by atoms with E-state index < -0.39 is 80.3 Å². The minimum absolute atomic E-state index is 0.0766. The second-order valence-corrected chi connectivity index (χ2v) is 15.8. The molecule has 1 aromatic rings. The molecular weight excluding hydrogens is 634 g/mol. The van der Waals surface area contributed by atoms with Gasteiger partial charge in [-0.25, -0.2) is 18.0 Å². The molecule has 1 saturated heterocycles. The van der Waals surface area contributed by atoms with Crippen LogP contribution in [0.15, 0.2) is 22.7 Å². The molecule has 0 bridgehead atoms. The average Bonchev–Trinajstić information content (AvgIpc) is 3.86. The third kappa shape index (κ3) is 8.32. The van der Waals surface area contributed by atoms with E-state index in [0.717, 1.165) is 12.8 Å². The largest absolute Gasteiger partial charge is 0.456 e. The number of nitrogens with one attached hydrogen (secondary N) is 3. The SMILES string of the molecule is Cc1cc(C(=O)OC2CC3C(=O)NC4(C(=O)NS(=O)(=O)C5CC5)CC4C=CCCCCCC(NC(=O)OC(C)(C)C)C(=O)N3C2)no1. The first-order valence-electron chi connectivity index (χ1n) is 16.1. The number of amides is 4. The van der Waals surface area contributed by atoms with Gasteiger partial charge in [0.15, 0.2) is 5.69 Å². The zero-order valence-corrected chi connectivity index (χ0v) is 27.9. The molecule has 4 amide bonds. The second-order valence-electron chi connectivity index (χ2n) is 13.8. The Hall–Kier alpha value is -3.95. The van der Waals surface area contributed by atoms with Gasteiger partial charge >= 0.3 is 12.1 Å². The van der Waals surface area contributed by atoms with E-state index in [9.17, 15) is 32.4 Å². The quantitative estimate of drug-likeness (QED) is 0.294. The highest BCUT2D eigenvalue weighted by Gasteiger charge is 2.62. The van der Waals surface area contributed by atoms with Gasteiger partial charge < -0.3 is 29.5 Å². The lowest BCUT2D eigenvalue weighted by Gasteiger charge is -2.30. The maximum absolute atomic E-state index is 14.1. The Morgan fingerprint density at radius 2 is 1.87 bits per heavy atom. The van der Waals surface area contributed by atoms with E-state index in [1.807, 2.05) is 12.2 Å². The Balaban J connectivity index is 1.42. The number of carbonyl (C=O) groups is 5. The number of sulfonamides is 1. The van der Waals surface area contributed by atoms with Gasteiger partial charge in [0.25, 0.3) is 5.91 Å². The van der Waals surface area contributed by atoms with E-state index in [1.165, 1.54) is 11.0 Å². The lowest BCUT2D eigenvalue weighted by Crippen LogP contribution is -2.58. The molecule has 5 atom stereocenters. The molecule has 2 saturated carbocycles. The standard InChI is InChI=1S/C31H43N5O10S/c1-18-14-23(34-46-18)27(39)44-20-15-24-25(37)33-31(28(40)35-47(42,43)21-12-13-21)16-19(31)10-8-6-5-7-9-11-22(26(38)36(24)17-20)32-29(41)45-30(2,3)4/h8,10,14,19-22,24H,5-7,9,11-13,15-17H2,1-4H3,(H,32,41)(H,33,37)(H,35,40). The first-order chi connectivity index (χ1) is 22.1. The molecule has 15 nitrogen and oxygen atoms in total. The number of alkyl carbamates (subject to hydrolysis) is 1. The van der Waals surface area contributed by atoms with Crippen LogP contribution in [0.5, 0.6) is 0 Å². The predicted octanol–water partition coefficient (Wildman–Crippen LogP) is 2.01. The third-order valence-corrected chi connectivity index (χ3v) is 10.5.